The molecule has 0 bridgehead atoms. The van der Waals surface area contributed by atoms with E-state index in [4.69, 9.17) is 23.2 Å². The average Bonchev–Trinajstić information content (AvgIpc) is 2.76. The Labute approximate surface area is 216 Å². The maximum atomic E-state index is 14.0. The second-order valence-electron chi connectivity index (χ2n) is 9.39. The third-order valence-corrected chi connectivity index (χ3v) is 7.76. The monoisotopic (exact) mass is 540 g/mol. The first-order valence-corrected chi connectivity index (χ1v) is 14.0. The summed E-state index contributed by atoms with van der Waals surface area (Å²) < 4.78 is 26.3. The van der Waals surface area contributed by atoms with Crippen molar-refractivity contribution < 1.29 is 23.1 Å². The number of carbonyl (C=O) groups is 2. The number of carboxylic acid groups (broad SMARTS) is 1. The van der Waals surface area contributed by atoms with Crippen molar-refractivity contribution in [2.45, 2.75) is 51.1 Å². The molecule has 0 aromatic heterocycles. The van der Waals surface area contributed by atoms with Gasteiger partial charge in [0.25, 0.3) is 0 Å². The molecular formula is C25H30Cl2N2O5S. The Morgan fingerprint density at radius 1 is 1.17 bits per heavy atom. The van der Waals surface area contributed by atoms with Crippen molar-refractivity contribution in [2.24, 2.45) is 5.41 Å². The predicted molar refractivity (Wildman–Crippen MR) is 137 cm³/mol. The molecule has 35 heavy (non-hydrogen) atoms. The summed E-state index contributed by atoms with van der Waals surface area (Å²) in [6.45, 7) is 3.55. The summed E-state index contributed by atoms with van der Waals surface area (Å²) in [4.78, 5) is 27.5. The van der Waals surface area contributed by atoms with Crippen LogP contribution in [0, 0.1) is 5.41 Å². The summed E-state index contributed by atoms with van der Waals surface area (Å²) in [7, 11) is -3.51. The molecule has 1 heterocycles. The molecule has 1 amide bonds. The van der Waals surface area contributed by atoms with Gasteiger partial charge in [0.05, 0.1) is 24.1 Å². The molecule has 7 nitrogen and oxygen atoms in total. The van der Waals surface area contributed by atoms with Crippen molar-refractivity contribution in [3.63, 3.8) is 0 Å². The second-order valence-corrected chi connectivity index (χ2v) is 12.1. The van der Waals surface area contributed by atoms with Crippen LogP contribution in [0.1, 0.15) is 56.2 Å². The first-order chi connectivity index (χ1) is 16.3. The van der Waals surface area contributed by atoms with Crippen molar-refractivity contribution in [3.8, 4) is 0 Å². The van der Waals surface area contributed by atoms with Crippen molar-refractivity contribution in [2.75, 3.05) is 12.8 Å². The molecule has 1 saturated heterocycles. The zero-order valence-corrected chi connectivity index (χ0v) is 22.2. The predicted octanol–water partition coefficient (Wildman–Crippen LogP) is 4.86. The number of benzene rings is 2. The molecule has 3 rings (SSSR count). The van der Waals surface area contributed by atoms with E-state index in [0.717, 1.165) is 17.4 Å². The van der Waals surface area contributed by atoms with Gasteiger partial charge in [-0.15, -0.1) is 0 Å². The van der Waals surface area contributed by atoms with Crippen LogP contribution in [0.25, 0.3) is 0 Å². The van der Waals surface area contributed by atoms with Crippen LogP contribution in [-0.4, -0.2) is 49.1 Å². The number of likely N-dealkylation sites (tertiary alicyclic amines) is 1. The molecule has 2 aromatic rings. The van der Waals surface area contributed by atoms with Gasteiger partial charge in [-0.2, -0.15) is 0 Å². The molecule has 2 N–H and O–H groups in total. The minimum Gasteiger partial charge on any atom is -0.481 e. The van der Waals surface area contributed by atoms with E-state index in [1.807, 2.05) is 37.3 Å². The number of nitrogens with one attached hydrogen (secondary N) is 1. The summed E-state index contributed by atoms with van der Waals surface area (Å²) in [5, 5.41) is 10.7. The van der Waals surface area contributed by atoms with Gasteiger partial charge in [-0.3, -0.25) is 9.59 Å². The number of carboxylic acids is 1. The number of piperidine rings is 1. The minimum atomic E-state index is -3.51. The lowest BCUT2D eigenvalue weighted by atomic mass is 9.67. The molecule has 1 aliphatic rings. The number of nitrogens with zero attached hydrogens (tertiary/aromatic N) is 1. The zero-order chi connectivity index (χ0) is 26.0. The van der Waals surface area contributed by atoms with E-state index < -0.39 is 33.5 Å². The number of hydrogen-bond donors (Lipinski definition) is 2. The quantitative estimate of drug-likeness (QED) is 0.472. The summed E-state index contributed by atoms with van der Waals surface area (Å²) in [5.41, 5.74) is 0.501. The summed E-state index contributed by atoms with van der Waals surface area (Å²) >= 11 is 12.5. The van der Waals surface area contributed by atoms with Gasteiger partial charge in [-0.05, 0) is 48.2 Å². The number of aliphatic carboxylic acids is 1. The largest absolute Gasteiger partial charge is 0.481 e. The Hall–Kier alpha value is -2.13. The summed E-state index contributed by atoms with van der Waals surface area (Å²) in [5.74, 6) is -1.68. The number of sulfonamides is 1. The van der Waals surface area contributed by atoms with Crippen LogP contribution in [0.3, 0.4) is 0 Å². The standard InChI is InChI=1S/C25H30Cl2N2O5S/c1-4-20(15-28-35(3,33)34)29-23(16-8-10-18(26)11-9-16)21(17-6-5-7-19(27)12-17)13-25(2,24(29)32)14-22(30)31/h5-12,20-21,23,28H,4,13-15H2,1-3H3,(H,30,31)/t20-,21+,23+,25+/m0/s1. The molecule has 0 aliphatic carbocycles. The van der Waals surface area contributed by atoms with Gasteiger partial charge in [-0.1, -0.05) is 61.3 Å². The van der Waals surface area contributed by atoms with Crippen molar-refractivity contribution >= 4 is 45.1 Å². The molecule has 190 valence electrons. The normalized spacial score (nSPS) is 23.8. The lowest BCUT2D eigenvalue weighted by Gasteiger charge is -2.51. The molecule has 0 saturated carbocycles. The van der Waals surface area contributed by atoms with Crippen molar-refractivity contribution in [1.82, 2.24) is 9.62 Å². The maximum absolute atomic E-state index is 14.0. The van der Waals surface area contributed by atoms with E-state index >= 15 is 0 Å². The van der Waals surface area contributed by atoms with Crippen LogP contribution < -0.4 is 4.72 Å². The fraction of sp³-hybridized carbons (Fsp3) is 0.440. The first kappa shape index (κ1) is 27.5. The highest BCUT2D eigenvalue weighted by Crippen LogP contribution is 2.52. The van der Waals surface area contributed by atoms with Gasteiger partial charge in [0, 0.05) is 28.5 Å². The Bertz CT molecular complexity index is 1190. The highest BCUT2D eigenvalue weighted by Gasteiger charge is 2.52. The molecular weight excluding hydrogens is 511 g/mol. The van der Waals surface area contributed by atoms with Crippen LogP contribution in [0.15, 0.2) is 48.5 Å². The first-order valence-electron chi connectivity index (χ1n) is 11.3. The van der Waals surface area contributed by atoms with Gasteiger partial charge in [-0.25, -0.2) is 13.1 Å². The Balaban J connectivity index is 2.22. The molecule has 2 aromatic carbocycles. The van der Waals surface area contributed by atoms with Gasteiger partial charge in [0.1, 0.15) is 0 Å². The van der Waals surface area contributed by atoms with Crippen molar-refractivity contribution in [3.05, 3.63) is 69.7 Å². The maximum Gasteiger partial charge on any atom is 0.304 e. The molecule has 0 unspecified atom stereocenters. The molecule has 10 heteroatoms. The number of hydrogen-bond acceptors (Lipinski definition) is 4. The third-order valence-electron chi connectivity index (χ3n) is 6.58. The molecule has 1 fully saturated rings. The van der Waals surface area contributed by atoms with E-state index in [9.17, 15) is 23.1 Å². The molecule has 1 aliphatic heterocycles. The number of carbonyl (C=O) groups excluding carboxylic acids is 1. The van der Waals surface area contributed by atoms with E-state index in [-0.39, 0.29) is 31.2 Å². The average molecular weight is 541 g/mol. The van der Waals surface area contributed by atoms with Crippen LogP contribution >= 0.6 is 23.2 Å². The minimum absolute atomic E-state index is 0.0105. The second kappa shape index (κ2) is 10.9. The van der Waals surface area contributed by atoms with E-state index in [1.54, 1.807) is 30.0 Å². The molecule has 4 atom stereocenters. The Kier molecular flexibility index (Phi) is 8.52. The smallest absolute Gasteiger partial charge is 0.304 e. The molecule has 0 spiro atoms. The van der Waals surface area contributed by atoms with Crippen LogP contribution in [0.5, 0.6) is 0 Å². The highest BCUT2D eigenvalue weighted by molar-refractivity contribution is 7.88. The number of amides is 1. The van der Waals surface area contributed by atoms with Gasteiger partial charge < -0.3 is 10.0 Å². The number of halogens is 2. The van der Waals surface area contributed by atoms with Gasteiger partial charge in [0.2, 0.25) is 15.9 Å². The van der Waals surface area contributed by atoms with E-state index in [1.165, 1.54) is 0 Å². The summed E-state index contributed by atoms with van der Waals surface area (Å²) in [6.07, 6.45) is 1.47. The topological polar surface area (TPSA) is 104 Å². The fourth-order valence-electron chi connectivity index (χ4n) is 4.97. The van der Waals surface area contributed by atoms with Crippen molar-refractivity contribution in [1.29, 1.82) is 0 Å². The van der Waals surface area contributed by atoms with Crippen LogP contribution in [0.4, 0.5) is 0 Å². The van der Waals surface area contributed by atoms with Gasteiger partial charge >= 0.3 is 5.97 Å². The van der Waals surface area contributed by atoms with Crippen LogP contribution in [-0.2, 0) is 19.6 Å². The lowest BCUT2D eigenvalue weighted by molar-refractivity contribution is -0.160. The van der Waals surface area contributed by atoms with E-state index in [0.29, 0.717) is 16.5 Å². The Morgan fingerprint density at radius 3 is 2.37 bits per heavy atom. The van der Waals surface area contributed by atoms with Crippen LogP contribution in [0.2, 0.25) is 10.0 Å². The SMILES string of the molecule is CC[C@@H](CNS(C)(=O)=O)N1C(=O)[C@@](C)(CC(=O)O)C[C@H](c2cccc(Cl)c2)[C@H]1c1ccc(Cl)cc1. The fourth-order valence-corrected chi connectivity index (χ4v) is 5.79. The number of rotatable bonds is 9. The summed E-state index contributed by atoms with van der Waals surface area (Å²) in [6, 6.07) is 13.5. The zero-order valence-electron chi connectivity index (χ0n) is 19.9. The molecule has 0 radical (unpaired) electrons. The van der Waals surface area contributed by atoms with Gasteiger partial charge in [0.15, 0.2) is 0 Å². The lowest BCUT2D eigenvalue weighted by Crippen LogP contribution is -2.58. The third kappa shape index (κ3) is 6.55. The van der Waals surface area contributed by atoms with E-state index in [2.05, 4.69) is 4.72 Å². The highest BCUT2D eigenvalue weighted by atomic mass is 35.5. The Morgan fingerprint density at radius 2 is 1.83 bits per heavy atom.